The lowest BCUT2D eigenvalue weighted by atomic mass is 9.77. The fourth-order valence-corrected chi connectivity index (χ4v) is 4.67. The molecule has 3 heterocycles. The predicted octanol–water partition coefficient (Wildman–Crippen LogP) is 1.84. The molecule has 2 fully saturated rings. The van der Waals surface area contributed by atoms with Crippen molar-refractivity contribution in [1.82, 2.24) is 24.6 Å². The highest BCUT2D eigenvalue weighted by atomic mass is 16.3. The number of imidazole rings is 1. The quantitative estimate of drug-likeness (QED) is 0.738. The Kier molecular flexibility index (Phi) is 3.56. The maximum atomic E-state index is 12.6. The summed E-state index contributed by atoms with van der Waals surface area (Å²) in [5.41, 5.74) is 2.60. The van der Waals surface area contributed by atoms with E-state index in [1.54, 1.807) is 12.4 Å². The van der Waals surface area contributed by atoms with Crippen LogP contribution in [0.1, 0.15) is 29.2 Å². The Morgan fingerprint density at radius 3 is 2.81 bits per heavy atom. The number of benzene rings is 1. The van der Waals surface area contributed by atoms with E-state index in [1.165, 1.54) is 0 Å². The number of hydrogen-bond donors (Lipinski definition) is 2. The van der Waals surface area contributed by atoms with Crippen LogP contribution >= 0.6 is 0 Å². The highest BCUT2D eigenvalue weighted by molar-refractivity contribution is 5.93. The van der Waals surface area contributed by atoms with E-state index in [-0.39, 0.29) is 11.9 Å². The maximum absolute atomic E-state index is 12.6. The molecule has 1 aliphatic carbocycles. The number of rotatable bonds is 2. The highest BCUT2D eigenvalue weighted by Gasteiger charge is 2.44. The second kappa shape index (κ2) is 5.95. The Morgan fingerprint density at radius 2 is 2.00 bits per heavy atom. The lowest BCUT2D eigenvalue weighted by Gasteiger charge is -2.36. The van der Waals surface area contributed by atoms with Crippen LogP contribution in [0.25, 0.3) is 11.0 Å². The molecule has 0 bridgehead atoms. The number of aliphatic hydroxyl groups excluding tert-OH is 1. The molecule has 4 atom stereocenters. The van der Waals surface area contributed by atoms with E-state index >= 15 is 0 Å². The van der Waals surface area contributed by atoms with Crippen molar-refractivity contribution in [1.29, 1.82) is 0 Å². The Labute approximate surface area is 150 Å². The fourth-order valence-electron chi connectivity index (χ4n) is 4.67. The van der Waals surface area contributed by atoms with Gasteiger partial charge in [0.15, 0.2) is 0 Å². The molecule has 26 heavy (non-hydrogen) atoms. The first-order valence-electron chi connectivity index (χ1n) is 9.08. The van der Waals surface area contributed by atoms with Crippen molar-refractivity contribution in [2.45, 2.75) is 25.0 Å². The monoisotopic (exact) mass is 351 g/mol. The van der Waals surface area contributed by atoms with Crippen molar-refractivity contribution in [2.24, 2.45) is 11.8 Å². The van der Waals surface area contributed by atoms with Gasteiger partial charge in [0, 0.05) is 19.3 Å². The summed E-state index contributed by atoms with van der Waals surface area (Å²) in [7, 11) is 0. The third kappa shape index (κ3) is 2.42. The first-order valence-corrected chi connectivity index (χ1v) is 9.08. The molecule has 5 rings (SSSR count). The molecule has 1 saturated heterocycles. The molecular weight excluding hydrogens is 330 g/mol. The third-order valence-electron chi connectivity index (χ3n) is 5.98. The number of aromatic nitrogens is 4. The van der Waals surface area contributed by atoms with E-state index in [4.69, 9.17) is 0 Å². The first-order chi connectivity index (χ1) is 12.7. The van der Waals surface area contributed by atoms with Crippen LogP contribution in [0.4, 0.5) is 0 Å². The Morgan fingerprint density at radius 1 is 1.19 bits per heavy atom. The molecule has 2 N–H and O–H groups in total. The molecule has 2 aromatic heterocycles. The summed E-state index contributed by atoms with van der Waals surface area (Å²) in [5.74, 6) is 0.777. The summed E-state index contributed by atoms with van der Waals surface area (Å²) in [5, 5.41) is 17.4. The van der Waals surface area contributed by atoms with E-state index in [2.05, 4.69) is 19.7 Å². The van der Waals surface area contributed by atoms with Crippen LogP contribution in [0, 0.1) is 11.8 Å². The Balaban J connectivity index is 1.38. The van der Waals surface area contributed by atoms with Gasteiger partial charge in [-0.2, -0.15) is 5.10 Å². The predicted molar refractivity (Wildman–Crippen MR) is 95.5 cm³/mol. The van der Waals surface area contributed by atoms with E-state index in [1.807, 2.05) is 35.5 Å². The van der Waals surface area contributed by atoms with Gasteiger partial charge in [-0.05, 0) is 36.8 Å². The largest absolute Gasteiger partial charge is 0.391 e. The lowest BCUT2D eigenvalue weighted by Crippen LogP contribution is -2.36. The zero-order valence-electron chi connectivity index (χ0n) is 14.3. The molecule has 1 amide bonds. The summed E-state index contributed by atoms with van der Waals surface area (Å²) in [6, 6.07) is 8.02. The van der Waals surface area contributed by atoms with Crippen molar-refractivity contribution in [2.75, 3.05) is 13.1 Å². The molecule has 1 saturated carbocycles. The fraction of sp³-hybridized carbons (Fsp3) is 0.421. The number of likely N-dealkylation sites (tertiary alicyclic amines) is 1. The molecule has 1 aromatic carbocycles. The third-order valence-corrected chi connectivity index (χ3v) is 5.98. The van der Waals surface area contributed by atoms with Gasteiger partial charge in [0.2, 0.25) is 0 Å². The molecule has 7 nitrogen and oxygen atoms in total. The van der Waals surface area contributed by atoms with Crippen LogP contribution in [0.5, 0.6) is 0 Å². The average Bonchev–Trinajstić information content (AvgIpc) is 3.39. The normalized spacial score (nSPS) is 28.4. The average molecular weight is 351 g/mol. The second-order valence-electron chi connectivity index (χ2n) is 7.46. The number of nitrogens with zero attached hydrogens (tertiary/aromatic N) is 4. The van der Waals surface area contributed by atoms with Crippen LogP contribution in [0.15, 0.2) is 43.0 Å². The summed E-state index contributed by atoms with van der Waals surface area (Å²) < 4.78 is 2.11. The molecule has 7 heteroatoms. The molecular formula is C19H21N5O2. The van der Waals surface area contributed by atoms with Gasteiger partial charge >= 0.3 is 0 Å². The number of hydrogen-bond acceptors (Lipinski definition) is 4. The Hall–Kier alpha value is -2.67. The first kappa shape index (κ1) is 15.6. The van der Waals surface area contributed by atoms with Gasteiger partial charge in [0.05, 0.1) is 41.3 Å². The number of carbonyl (C=O) groups excluding carboxylic acids is 1. The van der Waals surface area contributed by atoms with Crippen molar-refractivity contribution >= 4 is 16.9 Å². The number of amides is 1. The van der Waals surface area contributed by atoms with Crippen molar-refractivity contribution in [3.05, 3.63) is 48.5 Å². The van der Waals surface area contributed by atoms with E-state index in [9.17, 15) is 9.90 Å². The molecule has 0 radical (unpaired) electrons. The van der Waals surface area contributed by atoms with Crippen LogP contribution in [0.2, 0.25) is 0 Å². The van der Waals surface area contributed by atoms with Gasteiger partial charge in [-0.25, -0.2) is 4.98 Å². The molecule has 0 spiro atoms. The molecule has 134 valence electrons. The topological polar surface area (TPSA) is 87.0 Å². The van der Waals surface area contributed by atoms with Gasteiger partial charge in [-0.15, -0.1) is 0 Å². The van der Waals surface area contributed by atoms with Crippen LogP contribution in [0.3, 0.4) is 0 Å². The zero-order valence-corrected chi connectivity index (χ0v) is 14.3. The summed E-state index contributed by atoms with van der Waals surface area (Å²) in [6.45, 7) is 1.45. The second-order valence-corrected chi connectivity index (χ2v) is 7.46. The summed E-state index contributed by atoms with van der Waals surface area (Å²) in [6.07, 6.45) is 6.21. The summed E-state index contributed by atoms with van der Waals surface area (Å²) in [4.78, 5) is 19.0. The van der Waals surface area contributed by atoms with Gasteiger partial charge in [0.1, 0.15) is 0 Å². The van der Waals surface area contributed by atoms with Crippen molar-refractivity contribution in [3.63, 3.8) is 0 Å². The zero-order chi connectivity index (χ0) is 17.7. The van der Waals surface area contributed by atoms with Crippen LogP contribution in [-0.4, -0.2) is 54.9 Å². The number of fused-ring (bicyclic) bond motifs is 2. The number of H-pyrrole nitrogens is 1. The standard InChI is InChI=1S/C19H21N5O2/c25-18-6-13-10-23(19(26)14-7-21-22-8-14)9-12(13)5-17(18)24-11-20-15-3-1-2-4-16(15)24/h1-4,7-8,11-13,17-18,25H,5-6,9-10H2,(H,21,22)/t12-,13+,17-,18-/m1/s1. The number of carbonyl (C=O) groups is 1. The van der Waals surface area contributed by atoms with Gasteiger partial charge in [-0.3, -0.25) is 9.89 Å². The number of para-hydroxylation sites is 2. The van der Waals surface area contributed by atoms with Crippen LogP contribution < -0.4 is 0 Å². The minimum atomic E-state index is -0.419. The van der Waals surface area contributed by atoms with Crippen molar-refractivity contribution in [3.8, 4) is 0 Å². The smallest absolute Gasteiger partial charge is 0.257 e. The minimum Gasteiger partial charge on any atom is -0.391 e. The van der Waals surface area contributed by atoms with Gasteiger partial charge in [0.25, 0.3) is 5.91 Å². The van der Waals surface area contributed by atoms with Gasteiger partial charge in [-0.1, -0.05) is 12.1 Å². The van der Waals surface area contributed by atoms with Crippen LogP contribution in [-0.2, 0) is 0 Å². The van der Waals surface area contributed by atoms with E-state index in [0.717, 1.165) is 30.4 Å². The number of aromatic amines is 1. The van der Waals surface area contributed by atoms with E-state index < -0.39 is 6.10 Å². The summed E-state index contributed by atoms with van der Waals surface area (Å²) >= 11 is 0. The molecule has 1 aliphatic heterocycles. The van der Waals surface area contributed by atoms with Gasteiger partial charge < -0.3 is 14.6 Å². The number of nitrogens with one attached hydrogen (secondary N) is 1. The highest BCUT2D eigenvalue weighted by Crippen LogP contribution is 2.42. The lowest BCUT2D eigenvalue weighted by molar-refractivity contribution is 0.0374. The minimum absolute atomic E-state index is 0.00706. The SMILES string of the molecule is O=C(c1cn[nH]c1)N1C[C@H]2C[C@@H](n3cnc4ccccc43)[C@H](O)C[C@H]2C1. The van der Waals surface area contributed by atoms with E-state index in [0.29, 0.717) is 23.9 Å². The van der Waals surface area contributed by atoms with Crippen molar-refractivity contribution < 1.29 is 9.90 Å². The Bertz CT molecular complexity index is 934. The maximum Gasteiger partial charge on any atom is 0.257 e. The molecule has 3 aromatic rings. The number of aliphatic hydroxyl groups is 1. The molecule has 0 unspecified atom stereocenters. The molecule has 2 aliphatic rings.